The number of hydrogen-bond donors (Lipinski definition) is 3. The summed E-state index contributed by atoms with van der Waals surface area (Å²) < 4.78 is 6.23. The Morgan fingerprint density at radius 1 is 1.07 bits per heavy atom. The molecule has 0 saturated carbocycles. The highest BCUT2D eigenvalue weighted by molar-refractivity contribution is 7.82. The van der Waals surface area contributed by atoms with Crippen molar-refractivity contribution in [1.29, 1.82) is 0 Å². The van der Waals surface area contributed by atoms with Crippen LogP contribution in [-0.4, -0.2) is 17.1 Å². The normalized spacial score (nSPS) is 10.3. The molecule has 0 aliphatic carbocycles. The van der Waals surface area contributed by atoms with Crippen LogP contribution in [0.15, 0.2) is 59.3 Å². The van der Waals surface area contributed by atoms with Crippen molar-refractivity contribution in [2.24, 2.45) is 0 Å². The number of aromatic nitrogens is 1. The molecule has 0 unspecified atom stereocenters. The van der Waals surface area contributed by atoms with Crippen molar-refractivity contribution in [2.75, 3.05) is 14.9 Å². The van der Waals surface area contributed by atoms with Crippen LogP contribution in [0.25, 0.3) is 11.3 Å². The largest absolute Gasteiger partial charge is 0.356 e. The van der Waals surface area contributed by atoms with E-state index in [4.69, 9.17) is 16.1 Å². The molecule has 0 spiro atoms. The zero-order valence-corrected chi connectivity index (χ0v) is 15.8. The Balaban J connectivity index is 1.69. The summed E-state index contributed by atoms with van der Waals surface area (Å²) in [5.41, 5.74) is 2.34. The summed E-state index contributed by atoms with van der Waals surface area (Å²) in [6.07, 6.45) is 1.53. The van der Waals surface area contributed by atoms with Crippen LogP contribution in [0.1, 0.15) is 6.92 Å². The van der Waals surface area contributed by atoms with Crippen molar-refractivity contribution in [1.82, 2.24) is 5.16 Å². The van der Waals surface area contributed by atoms with Crippen LogP contribution in [0.3, 0.4) is 0 Å². The summed E-state index contributed by atoms with van der Waals surface area (Å²) in [6, 6.07) is 12.9. The second-order valence-corrected chi connectivity index (χ2v) is 6.35. The molecule has 0 aliphatic rings. The third kappa shape index (κ3) is 4.60. The van der Waals surface area contributed by atoms with E-state index in [-0.39, 0.29) is 5.91 Å². The number of urea groups is 1. The van der Waals surface area contributed by atoms with Gasteiger partial charge < -0.3 is 15.2 Å². The van der Waals surface area contributed by atoms with Gasteiger partial charge >= 0.3 is 6.03 Å². The Labute approximate surface area is 165 Å². The molecule has 1 heterocycles. The second-order valence-electron chi connectivity index (χ2n) is 5.54. The molecule has 9 heteroatoms. The Hall–Kier alpha value is -2.97. The standard InChI is InChI=1S/C18H15ClN4O3S/c1-11(24)21-12-2-5-14(6-3-12)23(27)18(25)22-13-4-7-15(16(19)10-13)17-8-9-20-26-17/h2-10,27H,1H3,(H,21,24)(H,22,25). The molecule has 3 aromatic rings. The molecule has 3 rings (SSSR count). The van der Waals surface area contributed by atoms with Gasteiger partial charge in [-0.05, 0) is 42.5 Å². The highest BCUT2D eigenvalue weighted by Crippen LogP contribution is 2.30. The lowest BCUT2D eigenvalue weighted by Crippen LogP contribution is -2.26. The van der Waals surface area contributed by atoms with Gasteiger partial charge in [0.25, 0.3) is 0 Å². The van der Waals surface area contributed by atoms with E-state index in [2.05, 4.69) is 28.6 Å². The number of thiol groups is 1. The molecule has 0 fully saturated rings. The monoisotopic (exact) mass is 402 g/mol. The van der Waals surface area contributed by atoms with Crippen molar-refractivity contribution in [3.05, 3.63) is 59.8 Å². The van der Waals surface area contributed by atoms with E-state index in [1.807, 2.05) is 0 Å². The summed E-state index contributed by atoms with van der Waals surface area (Å²) >= 11 is 10.5. The number of benzene rings is 2. The van der Waals surface area contributed by atoms with Gasteiger partial charge in [-0.2, -0.15) is 0 Å². The fraction of sp³-hybridized carbons (Fsp3) is 0.0556. The average Bonchev–Trinajstić information content (AvgIpc) is 3.15. The van der Waals surface area contributed by atoms with E-state index in [1.165, 1.54) is 13.1 Å². The van der Waals surface area contributed by atoms with Crippen LogP contribution in [0.4, 0.5) is 21.9 Å². The molecule has 1 aromatic heterocycles. The van der Waals surface area contributed by atoms with Crippen LogP contribution < -0.4 is 14.9 Å². The molecule has 0 bridgehead atoms. The van der Waals surface area contributed by atoms with Gasteiger partial charge in [-0.15, -0.1) is 0 Å². The molecule has 7 nitrogen and oxygen atoms in total. The van der Waals surface area contributed by atoms with Crippen LogP contribution in [0.5, 0.6) is 0 Å². The molecule has 0 atom stereocenters. The van der Waals surface area contributed by atoms with Crippen molar-refractivity contribution in [3.63, 3.8) is 0 Å². The second kappa shape index (κ2) is 8.15. The predicted octanol–water partition coefficient (Wildman–Crippen LogP) is 4.84. The summed E-state index contributed by atoms with van der Waals surface area (Å²) in [4.78, 5) is 23.4. The number of nitrogens with zero attached hydrogens (tertiary/aromatic N) is 2. The van der Waals surface area contributed by atoms with Gasteiger partial charge in [0.1, 0.15) is 0 Å². The topological polar surface area (TPSA) is 87.5 Å². The number of halogens is 1. The SMILES string of the molecule is CC(=O)Nc1ccc(N(S)C(=O)Nc2ccc(-c3ccno3)c(Cl)c2)cc1. The highest BCUT2D eigenvalue weighted by Gasteiger charge is 2.14. The van der Waals surface area contributed by atoms with Crippen molar-refractivity contribution >= 4 is 53.4 Å². The first-order chi connectivity index (χ1) is 12.9. The number of carbonyl (C=O) groups is 2. The van der Waals surface area contributed by atoms with E-state index in [0.29, 0.717) is 33.4 Å². The van der Waals surface area contributed by atoms with Crippen LogP contribution in [-0.2, 0) is 4.79 Å². The first kappa shape index (κ1) is 18.8. The molecular formula is C18H15ClN4O3S. The quantitative estimate of drug-likeness (QED) is 0.545. The first-order valence-electron chi connectivity index (χ1n) is 7.82. The van der Waals surface area contributed by atoms with E-state index in [9.17, 15) is 9.59 Å². The molecule has 3 amide bonds. The van der Waals surface area contributed by atoms with Gasteiger partial charge in [-0.3, -0.25) is 4.79 Å². The van der Waals surface area contributed by atoms with Crippen molar-refractivity contribution < 1.29 is 14.1 Å². The molecule has 27 heavy (non-hydrogen) atoms. The maximum absolute atomic E-state index is 12.4. The van der Waals surface area contributed by atoms with Gasteiger partial charge in [-0.25, -0.2) is 9.10 Å². The average molecular weight is 403 g/mol. The minimum Gasteiger partial charge on any atom is -0.356 e. The molecule has 0 saturated heterocycles. The smallest absolute Gasteiger partial charge is 0.336 e. The molecule has 138 valence electrons. The lowest BCUT2D eigenvalue weighted by molar-refractivity contribution is -0.114. The maximum atomic E-state index is 12.4. The Morgan fingerprint density at radius 3 is 2.37 bits per heavy atom. The zero-order chi connectivity index (χ0) is 19.4. The summed E-state index contributed by atoms with van der Waals surface area (Å²) in [5.74, 6) is 0.363. The molecule has 2 N–H and O–H groups in total. The van der Waals surface area contributed by atoms with Gasteiger partial charge in [0.2, 0.25) is 5.91 Å². The van der Waals surface area contributed by atoms with Crippen molar-refractivity contribution in [3.8, 4) is 11.3 Å². The van der Waals surface area contributed by atoms with Gasteiger partial charge in [0.05, 0.1) is 16.9 Å². The van der Waals surface area contributed by atoms with Crippen LogP contribution in [0.2, 0.25) is 5.02 Å². The van der Waals surface area contributed by atoms with Crippen LogP contribution in [0, 0.1) is 0 Å². The summed E-state index contributed by atoms with van der Waals surface area (Å²) in [7, 11) is 0. The Kier molecular flexibility index (Phi) is 5.68. The molecule has 2 aromatic carbocycles. The maximum Gasteiger partial charge on any atom is 0.336 e. The fourth-order valence-corrected chi connectivity index (χ4v) is 2.79. The number of nitrogens with one attached hydrogen (secondary N) is 2. The van der Waals surface area contributed by atoms with E-state index >= 15 is 0 Å². The van der Waals surface area contributed by atoms with Crippen molar-refractivity contribution in [2.45, 2.75) is 6.92 Å². The van der Waals surface area contributed by atoms with E-state index < -0.39 is 6.03 Å². The number of rotatable bonds is 4. The van der Waals surface area contributed by atoms with Gasteiger partial charge in [-0.1, -0.05) is 29.6 Å². The van der Waals surface area contributed by atoms with Gasteiger partial charge in [0, 0.05) is 29.9 Å². The van der Waals surface area contributed by atoms with E-state index in [0.717, 1.165) is 4.31 Å². The minimum atomic E-state index is -0.464. The third-order valence-electron chi connectivity index (χ3n) is 3.55. The Bertz CT molecular complexity index is 961. The lowest BCUT2D eigenvalue weighted by Gasteiger charge is -2.17. The lowest BCUT2D eigenvalue weighted by atomic mass is 10.1. The highest BCUT2D eigenvalue weighted by atomic mass is 35.5. The third-order valence-corrected chi connectivity index (χ3v) is 4.27. The predicted molar refractivity (Wildman–Crippen MR) is 108 cm³/mol. The summed E-state index contributed by atoms with van der Waals surface area (Å²) in [6.45, 7) is 1.42. The number of anilines is 3. The molecule has 0 aliphatic heterocycles. The number of carbonyl (C=O) groups excluding carboxylic acids is 2. The summed E-state index contributed by atoms with van der Waals surface area (Å²) in [5, 5.41) is 9.42. The van der Waals surface area contributed by atoms with E-state index in [1.54, 1.807) is 48.5 Å². The number of hydrogen-bond acceptors (Lipinski definition) is 5. The molecule has 0 radical (unpaired) electrons. The molecular weight excluding hydrogens is 388 g/mol. The number of amides is 3. The van der Waals surface area contributed by atoms with Crippen LogP contribution >= 0.6 is 24.4 Å². The first-order valence-corrected chi connectivity index (χ1v) is 8.60. The zero-order valence-electron chi connectivity index (χ0n) is 14.1. The van der Waals surface area contributed by atoms with Gasteiger partial charge in [0.15, 0.2) is 5.76 Å². The minimum absolute atomic E-state index is 0.172. The fourth-order valence-electron chi connectivity index (χ4n) is 2.33. The Morgan fingerprint density at radius 2 is 1.78 bits per heavy atom.